The van der Waals surface area contributed by atoms with Crippen LogP contribution < -0.4 is 0 Å². The Hall–Kier alpha value is -0.830. The third kappa shape index (κ3) is 8.01. The summed E-state index contributed by atoms with van der Waals surface area (Å²) in [6, 6.07) is 5.39. The van der Waals surface area contributed by atoms with E-state index in [0.29, 0.717) is 10.0 Å². The maximum Gasteiger partial charge on any atom is 0.164 e. The lowest BCUT2D eigenvalue weighted by Gasteiger charge is -2.28. The van der Waals surface area contributed by atoms with Gasteiger partial charge in [-0.05, 0) is 30.2 Å². The van der Waals surface area contributed by atoms with Gasteiger partial charge in [0.1, 0.15) is 0 Å². The number of ketones is 1. The number of hydrogen-bond donors (Lipinski definition) is 0. The highest BCUT2D eigenvalue weighted by Crippen LogP contribution is 2.23. The SMILES string of the molecule is CCCCCC(C[N+](C)(C)C)C(=O)/C=C/c1ccc(Cl)c(Cl)c1. The molecule has 0 amide bonds. The second kappa shape index (κ2) is 9.46. The molecule has 0 aliphatic rings. The Morgan fingerprint density at radius 1 is 1.17 bits per heavy atom. The predicted molar refractivity (Wildman–Crippen MR) is 101 cm³/mol. The van der Waals surface area contributed by atoms with Gasteiger partial charge in [0.25, 0.3) is 0 Å². The summed E-state index contributed by atoms with van der Waals surface area (Å²) in [5, 5.41) is 1.03. The topological polar surface area (TPSA) is 17.1 Å². The molecule has 1 aromatic carbocycles. The monoisotopic (exact) mass is 356 g/mol. The van der Waals surface area contributed by atoms with Crippen molar-refractivity contribution in [3.63, 3.8) is 0 Å². The number of nitrogens with zero attached hydrogens (tertiary/aromatic N) is 1. The first-order chi connectivity index (χ1) is 10.7. The summed E-state index contributed by atoms with van der Waals surface area (Å²) in [6.07, 6.45) is 7.92. The lowest BCUT2D eigenvalue weighted by atomic mass is 9.95. The van der Waals surface area contributed by atoms with Crippen molar-refractivity contribution in [2.24, 2.45) is 5.92 Å². The number of carbonyl (C=O) groups is 1. The Kier molecular flexibility index (Phi) is 8.32. The molecule has 4 heteroatoms. The van der Waals surface area contributed by atoms with Crippen LogP contribution in [-0.4, -0.2) is 38.0 Å². The molecule has 1 unspecified atom stereocenters. The minimum absolute atomic E-state index is 0.0700. The van der Waals surface area contributed by atoms with E-state index in [9.17, 15) is 4.79 Å². The van der Waals surface area contributed by atoms with Gasteiger partial charge in [0.15, 0.2) is 5.78 Å². The predicted octanol–water partition coefficient (Wildman–Crippen LogP) is 5.48. The van der Waals surface area contributed by atoms with E-state index in [1.807, 2.05) is 12.1 Å². The third-order valence-electron chi connectivity index (χ3n) is 3.71. The van der Waals surface area contributed by atoms with Crippen LogP contribution in [0.15, 0.2) is 24.3 Å². The molecule has 0 radical (unpaired) electrons. The van der Waals surface area contributed by atoms with E-state index in [-0.39, 0.29) is 11.7 Å². The van der Waals surface area contributed by atoms with Gasteiger partial charge in [-0.15, -0.1) is 0 Å². The first-order valence-electron chi connectivity index (χ1n) is 8.20. The standard InChI is InChI=1S/C19H28Cl2NO/c1-5-6-7-8-16(14-22(2,3)4)19(23)12-10-15-9-11-17(20)18(21)13-15/h9-13,16H,5-8,14H2,1-4H3/q+1/b12-10+. The fourth-order valence-electron chi connectivity index (χ4n) is 2.56. The normalized spacial score (nSPS) is 13.5. The quantitative estimate of drug-likeness (QED) is 0.325. The molecule has 0 fully saturated rings. The number of allylic oxidation sites excluding steroid dienone is 1. The summed E-state index contributed by atoms with van der Waals surface area (Å²) < 4.78 is 0.795. The molecule has 0 aliphatic heterocycles. The zero-order chi connectivity index (χ0) is 17.5. The molecule has 128 valence electrons. The van der Waals surface area contributed by atoms with Gasteiger partial charge in [-0.1, -0.05) is 61.5 Å². The van der Waals surface area contributed by atoms with E-state index in [1.54, 1.807) is 18.2 Å². The van der Waals surface area contributed by atoms with Crippen LogP contribution in [0.25, 0.3) is 6.08 Å². The molecule has 0 saturated heterocycles. The molecule has 23 heavy (non-hydrogen) atoms. The average molecular weight is 357 g/mol. The Balaban J connectivity index is 2.77. The van der Waals surface area contributed by atoms with Gasteiger partial charge in [-0.2, -0.15) is 0 Å². The molecule has 0 bridgehead atoms. The largest absolute Gasteiger partial charge is 0.330 e. The maximum atomic E-state index is 12.6. The molecular weight excluding hydrogens is 329 g/mol. The fourth-order valence-corrected chi connectivity index (χ4v) is 2.86. The summed E-state index contributed by atoms with van der Waals surface area (Å²) in [4.78, 5) is 12.6. The first kappa shape index (κ1) is 20.2. The highest BCUT2D eigenvalue weighted by Gasteiger charge is 2.23. The molecule has 0 saturated carbocycles. The van der Waals surface area contributed by atoms with Crippen LogP contribution in [0.1, 0.15) is 38.2 Å². The third-order valence-corrected chi connectivity index (χ3v) is 4.45. The second-order valence-electron chi connectivity index (χ2n) is 7.07. The highest BCUT2D eigenvalue weighted by atomic mass is 35.5. The van der Waals surface area contributed by atoms with Crippen molar-refractivity contribution in [3.05, 3.63) is 39.9 Å². The Morgan fingerprint density at radius 2 is 1.87 bits per heavy atom. The van der Waals surface area contributed by atoms with Crippen LogP contribution in [0.4, 0.5) is 0 Å². The van der Waals surface area contributed by atoms with Gasteiger partial charge < -0.3 is 4.48 Å². The summed E-state index contributed by atoms with van der Waals surface area (Å²) in [5.74, 6) is 0.265. The van der Waals surface area contributed by atoms with Gasteiger partial charge in [0.2, 0.25) is 0 Å². The van der Waals surface area contributed by atoms with E-state index in [4.69, 9.17) is 23.2 Å². The van der Waals surface area contributed by atoms with Crippen LogP contribution >= 0.6 is 23.2 Å². The van der Waals surface area contributed by atoms with E-state index in [0.717, 1.165) is 29.4 Å². The van der Waals surface area contributed by atoms with Crippen molar-refractivity contribution in [2.75, 3.05) is 27.7 Å². The molecule has 1 aromatic rings. The smallest absolute Gasteiger partial charge is 0.164 e. The molecule has 0 N–H and O–H groups in total. The van der Waals surface area contributed by atoms with E-state index in [1.165, 1.54) is 12.8 Å². The van der Waals surface area contributed by atoms with Crippen molar-refractivity contribution in [1.29, 1.82) is 0 Å². The molecule has 0 heterocycles. The minimum atomic E-state index is 0.0700. The molecule has 0 spiro atoms. The zero-order valence-electron chi connectivity index (χ0n) is 14.6. The number of unbranched alkanes of at least 4 members (excludes halogenated alkanes) is 2. The number of rotatable bonds is 9. The molecular formula is C19H28Cl2NO+. The molecule has 1 rings (SSSR count). The van der Waals surface area contributed by atoms with Crippen molar-refractivity contribution in [2.45, 2.75) is 32.6 Å². The van der Waals surface area contributed by atoms with Crippen LogP contribution in [0.3, 0.4) is 0 Å². The molecule has 0 aromatic heterocycles. The molecule has 0 aliphatic carbocycles. The van der Waals surface area contributed by atoms with Gasteiger partial charge in [0.05, 0.1) is 43.7 Å². The average Bonchev–Trinajstić information content (AvgIpc) is 2.46. The Labute approximate surface area is 150 Å². The van der Waals surface area contributed by atoms with Gasteiger partial charge in [-0.3, -0.25) is 4.79 Å². The number of halogens is 2. The van der Waals surface area contributed by atoms with Gasteiger partial charge in [0, 0.05) is 0 Å². The minimum Gasteiger partial charge on any atom is -0.330 e. The Morgan fingerprint density at radius 3 is 2.43 bits per heavy atom. The number of hydrogen-bond acceptors (Lipinski definition) is 1. The maximum absolute atomic E-state index is 12.6. The summed E-state index contributed by atoms with van der Waals surface area (Å²) >= 11 is 11.9. The zero-order valence-corrected chi connectivity index (χ0v) is 16.1. The van der Waals surface area contributed by atoms with Crippen molar-refractivity contribution in [3.8, 4) is 0 Å². The lowest BCUT2D eigenvalue weighted by molar-refractivity contribution is -0.872. The first-order valence-corrected chi connectivity index (χ1v) is 8.96. The van der Waals surface area contributed by atoms with Crippen LogP contribution in [0.5, 0.6) is 0 Å². The Bertz CT molecular complexity index is 547. The van der Waals surface area contributed by atoms with Crippen LogP contribution in [0, 0.1) is 5.92 Å². The van der Waals surface area contributed by atoms with E-state index >= 15 is 0 Å². The van der Waals surface area contributed by atoms with Crippen molar-refractivity contribution in [1.82, 2.24) is 0 Å². The molecule has 1 atom stereocenters. The lowest BCUT2D eigenvalue weighted by Crippen LogP contribution is -2.41. The summed E-state index contributed by atoms with van der Waals surface area (Å²) in [6.45, 7) is 3.04. The van der Waals surface area contributed by atoms with Crippen molar-refractivity contribution >= 4 is 35.1 Å². The van der Waals surface area contributed by atoms with E-state index < -0.39 is 0 Å². The second-order valence-corrected chi connectivity index (χ2v) is 7.89. The molecule has 2 nitrogen and oxygen atoms in total. The number of carbonyl (C=O) groups excluding carboxylic acids is 1. The summed E-state index contributed by atoms with van der Waals surface area (Å²) in [7, 11) is 6.38. The van der Waals surface area contributed by atoms with Crippen molar-refractivity contribution < 1.29 is 9.28 Å². The van der Waals surface area contributed by atoms with Crippen LogP contribution in [0.2, 0.25) is 10.0 Å². The number of quaternary nitrogens is 1. The number of benzene rings is 1. The highest BCUT2D eigenvalue weighted by molar-refractivity contribution is 6.42. The summed E-state index contributed by atoms with van der Waals surface area (Å²) in [5.41, 5.74) is 0.894. The van der Waals surface area contributed by atoms with Crippen LogP contribution in [-0.2, 0) is 4.79 Å². The van der Waals surface area contributed by atoms with Gasteiger partial charge >= 0.3 is 0 Å². The van der Waals surface area contributed by atoms with Gasteiger partial charge in [-0.25, -0.2) is 0 Å². The fraction of sp³-hybridized carbons (Fsp3) is 0.526. The van der Waals surface area contributed by atoms with E-state index in [2.05, 4.69) is 28.1 Å².